The third-order valence-corrected chi connectivity index (χ3v) is 4.51. The molecule has 3 rings (SSSR count). The van der Waals surface area contributed by atoms with E-state index in [-0.39, 0.29) is 12.5 Å². The molecule has 2 N–H and O–H groups in total. The molecule has 1 aromatic carbocycles. The maximum atomic E-state index is 12.4. The number of carbonyl (C=O) groups is 1. The number of para-hydroxylation sites is 1. The van der Waals surface area contributed by atoms with Gasteiger partial charge in [-0.05, 0) is 25.0 Å². The van der Waals surface area contributed by atoms with Gasteiger partial charge in [-0.15, -0.1) is 0 Å². The van der Waals surface area contributed by atoms with Gasteiger partial charge in [0, 0.05) is 6.20 Å². The highest BCUT2D eigenvalue weighted by atomic mass is 35.5. The number of hydrogen-bond acceptors (Lipinski definition) is 3. The molecule has 0 bridgehead atoms. The zero-order chi connectivity index (χ0) is 15.6. The minimum atomic E-state index is -0.483. The summed E-state index contributed by atoms with van der Waals surface area (Å²) in [6, 6.07) is 7.32. The number of amides is 1. The number of nitrogens with one attached hydrogen (secondary N) is 1. The number of aromatic nitrogens is 2. The number of aliphatic hydroxyl groups is 1. The first-order valence-corrected chi connectivity index (χ1v) is 7.74. The predicted molar refractivity (Wildman–Crippen MR) is 84.3 cm³/mol. The normalized spacial score (nSPS) is 16.6. The highest BCUT2D eigenvalue weighted by Gasteiger charge is 2.35. The van der Waals surface area contributed by atoms with Crippen LogP contribution in [-0.2, 0) is 0 Å². The number of rotatable bonds is 4. The van der Waals surface area contributed by atoms with Gasteiger partial charge in [0.05, 0.1) is 34.6 Å². The Labute approximate surface area is 133 Å². The Hall–Kier alpha value is -1.85. The minimum Gasteiger partial charge on any atom is -0.394 e. The number of hydrogen-bond donors (Lipinski definition) is 2. The van der Waals surface area contributed by atoms with Crippen molar-refractivity contribution in [3.05, 3.63) is 47.2 Å². The predicted octanol–water partition coefficient (Wildman–Crippen LogP) is 2.56. The first-order chi connectivity index (χ1) is 10.6. The van der Waals surface area contributed by atoms with Crippen LogP contribution in [0.15, 0.2) is 36.7 Å². The molecule has 6 heteroatoms. The molecule has 0 radical (unpaired) electrons. The zero-order valence-corrected chi connectivity index (χ0v) is 12.9. The van der Waals surface area contributed by atoms with E-state index in [9.17, 15) is 9.90 Å². The molecule has 22 heavy (non-hydrogen) atoms. The number of benzene rings is 1. The van der Waals surface area contributed by atoms with Gasteiger partial charge in [-0.1, -0.05) is 36.6 Å². The number of carbonyl (C=O) groups excluding carboxylic acids is 1. The molecule has 0 unspecified atom stereocenters. The van der Waals surface area contributed by atoms with E-state index in [0.717, 1.165) is 31.4 Å². The third kappa shape index (κ3) is 2.87. The Kier molecular flexibility index (Phi) is 4.18. The molecule has 1 aromatic heterocycles. The summed E-state index contributed by atoms with van der Waals surface area (Å²) in [5.74, 6) is -0.214. The molecular formula is C16H18ClN3O2. The maximum Gasteiger partial charge on any atom is 0.254 e. The number of nitrogens with zero attached hydrogens (tertiary/aromatic N) is 2. The fraction of sp³-hybridized carbons (Fsp3) is 0.375. The fourth-order valence-electron chi connectivity index (χ4n) is 2.90. The van der Waals surface area contributed by atoms with Crippen molar-refractivity contribution in [3.63, 3.8) is 0 Å². The standard InChI is InChI=1S/C16H18ClN3O2/c17-13-5-1-2-6-14(13)20-10-12(9-18-20)15(22)19-16(11-21)7-3-4-8-16/h1-2,5-6,9-10,21H,3-4,7-8,11H2,(H,19,22). The molecular weight excluding hydrogens is 302 g/mol. The minimum absolute atomic E-state index is 0.0304. The van der Waals surface area contributed by atoms with Crippen LogP contribution in [0.4, 0.5) is 0 Å². The highest BCUT2D eigenvalue weighted by Crippen LogP contribution is 2.29. The van der Waals surface area contributed by atoms with Crippen molar-refractivity contribution in [2.24, 2.45) is 0 Å². The molecule has 116 valence electrons. The van der Waals surface area contributed by atoms with Crippen molar-refractivity contribution in [2.45, 2.75) is 31.2 Å². The average Bonchev–Trinajstić information content (AvgIpc) is 3.17. The molecule has 0 spiro atoms. The van der Waals surface area contributed by atoms with Crippen LogP contribution in [0.3, 0.4) is 0 Å². The second-order valence-corrected chi connectivity index (χ2v) is 6.13. The van der Waals surface area contributed by atoms with Crippen molar-refractivity contribution in [1.29, 1.82) is 0 Å². The second-order valence-electron chi connectivity index (χ2n) is 5.72. The highest BCUT2D eigenvalue weighted by molar-refractivity contribution is 6.32. The van der Waals surface area contributed by atoms with Gasteiger partial charge < -0.3 is 10.4 Å². The van der Waals surface area contributed by atoms with Gasteiger partial charge in [0.2, 0.25) is 0 Å². The molecule has 0 aliphatic heterocycles. The molecule has 0 atom stereocenters. The number of halogens is 1. The van der Waals surface area contributed by atoms with Gasteiger partial charge in [-0.25, -0.2) is 4.68 Å². The van der Waals surface area contributed by atoms with E-state index < -0.39 is 5.54 Å². The van der Waals surface area contributed by atoms with Crippen molar-refractivity contribution >= 4 is 17.5 Å². The van der Waals surface area contributed by atoms with E-state index in [1.54, 1.807) is 16.9 Å². The molecule has 1 heterocycles. The van der Waals surface area contributed by atoms with Crippen molar-refractivity contribution in [1.82, 2.24) is 15.1 Å². The topological polar surface area (TPSA) is 67.2 Å². The van der Waals surface area contributed by atoms with Crippen LogP contribution in [0.1, 0.15) is 36.0 Å². The molecule has 1 aliphatic rings. The van der Waals surface area contributed by atoms with Crippen LogP contribution in [0, 0.1) is 0 Å². The van der Waals surface area contributed by atoms with E-state index in [1.807, 2.05) is 18.2 Å². The average molecular weight is 320 g/mol. The van der Waals surface area contributed by atoms with Crippen molar-refractivity contribution < 1.29 is 9.90 Å². The van der Waals surface area contributed by atoms with Crippen LogP contribution < -0.4 is 5.32 Å². The Bertz CT molecular complexity index is 678. The lowest BCUT2D eigenvalue weighted by molar-refractivity contribution is 0.0838. The molecule has 2 aromatic rings. The molecule has 1 fully saturated rings. The van der Waals surface area contributed by atoms with Gasteiger partial charge in [0.1, 0.15) is 0 Å². The first-order valence-electron chi connectivity index (χ1n) is 7.36. The fourth-order valence-corrected chi connectivity index (χ4v) is 3.12. The van der Waals surface area contributed by atoms with Crippen LogP contribution in [0.5, 0.6) is 0 Å². The van der Waals surface area contributed by atoms with E-state index in [2.05, 4.69) is 10.4 Å². The molecule has 5 nitrogen and oxygen atoms in total. The van der Waals surface area contributed by atoms with Gasteiger partial charge >= 0.3 is 0 Å². The summed E-state index contributed by atoms with van der Waals surface area (Å²) in [6.45, 7) is -0.0304. The Balaban J connectivity index is 1.79. The summed E-state index contributed by atoms with van der Waals surface area (Å²) in [7, 11) is 0. The van der Waals surface area contributed by atoms with Gasteiger partial charge in [0.15, 0.2) is 0 Å². The van der Waals surface area contributed by atoms with E-state index in [4.69, 9.17) is 11.6 Å². The zero-order valence-electron chi connectivity index (χ0n) is 12.1. The van der Waals surface area contributed by atoms with E-state index in [1.165, 1.54) is 6.20 Å². The third-order valence-electron chi connectivity index (χ3n) is 4.19. The number of aliphatic hydroxyl groups excluding tert-OH is 1. The van der Waals surface area contributed by atoms with Crippen LogP contribution >= 0.6 is 11.6 Å². The molecule has 1 amide bonds. The second kappa shape index (κ2) is 6.10. The van der Waals surface area contributed by atoms with E-state index >= 15 is 0 Å². The van der Waals surface area contributed by atoms with Gasteiger partial charge in [0.25, 0.3) is 5.91 Å². The largest absolute Gasteiger partial charge is 0.394 e. The molecule has 1 aliphatic carbocycles. The van der Waals surface area contributed by atoms with Gasteiger partial charge in [-0.2, -0.15) is 5.10 Å². The lowest BCUT2D eigenvalue weighted by Crippen LogP contribution is -2.49. The Morgan fingerprint density at radius 2 is 2.09 bits per heavy atom. The van der Waals surface area contributed by atoms with Crippen LogP contribution in [0.25, 0.3) is 5.69 Å². The smallest absolute Gasteiger partial charge is 0.254 e. The first kappa shape index (κ1) is 15.1. The van der Waals surface area contributed by atoms with Crippen LogP contribution in [-0.4, -0.2) is 32.9 Å². The van der Waals surface area contributed by atoms with Crippen molar-refractivity contribution in [2.75, 3.05) is 6.61 Å². The van der Waals surface area contributed by atoms with E-state index in [0.29, 0.717) is 10.6 Å². The Morgan fingerprint density at radius 1 is 1.36 bits per heavy atom. The molecule has 0 saturated heterocycles. The summed E-state index contributed by atoms with van der Waals surface area (Å²) in [5.41, 5.74) is 0.699. The summed E-state index contributed by atoms with van der Waals surface area (Å²) in [5, 5.41) is 17.3. The quantitative estimate of drug-likeness (QED) is 0.910. The monoisotopic (exact) mass is 319 g/mol. The molecule has 1 saturated carbocycles. The SMILES string of the molecule is O=C(NC1(CO)CCCC1)c1cnn(-c2ccccc2Cl)c1. The summed E-state index contributed by atoms with van der Waals surface area (Å²) >= 11 is 6.14. The Morgan fingerprint density at radius 3 is 2.77 bits per heavy atom. The van der Waals surface area contributed by atoms with Gasteiger partial charge in [-0.3, -0.25) is 4.79 Å². The summed E-state index contributed by atoms with van der Waals surface area (Å²) in [4.78, 5) is 12.4. The van der Waals surface area contributed by atoms with Crippen LogP contribution in [0.2, 0.25) is 5.02 Å². The maximum absolute atomic E-state index is 12.4. The van der Waals surface area contributed by atoms with Crippen molar-refractivity contribution in [3.8, 4) is 5.69 Å². The lowest BCUT2D eigenvalue weighted by atomic mass is 9.98. The lowest BCUT2D eigenvalue weighted by Gasteiger charge is -2.27. The summed E-state index contributed by atoms with van der Waals surface area (Å²) in [6.07, 6.45) is 6.84. The summed E-state index contributed by atoms with van der Waals surface area (Å²) < 4.78 is 1.58.